The van der Waals surface area contributed by atoms with Gasteiger partial charge in [-0.15, -0.1) is 0 Å². The van der Waals surface area contributed by atoms with Gasteiger partial charge >= 0.3 is 5.97 Å². The van der Waals surface area contributed by atoms with Crippen molar-refractivity contribution < 1.29 is 14.7 Å². The number of aromatic carboxylic acids is 1. The monoisotopic (exact) mass is 349 g/mol. The molecule has 0 radical (unpaired) electrons. The summed E-state index contributed by atoms with van der Waals surface area (Å²) in [7, 11) is 0. The highest BCUT2D eigenvalue weighted by Crippen LogP contribution is 2.18. The van der Waals surface area contributed by atoms with Crippen molar-refractivity contribution in [3.05, 3.63) is 77.1 Å². The number of hydrogen-bond donors (Lipinski definition) is 2. The van der Waals surface area contributed by atoms with Gasteiger partial charge in [-0.25, -0.2) is 9.48 Å². The van der Waals surface area contributed by atoms with Crippen LogP contribution in [0, 0.1) is 13.8 Å². The summed E-state index contributed by atoms with van der Waals surface area (Å²) < 4.78 is 1.54. The third kappa shape index (κ3) is 3.64. The van der Waals surface area contributed by atoms with Gasteiger partial charge in [0.25, 0.3) is 0 Å². The van der Waals surface area contributed by atoms with E-state index in [1.165, 1.54) is 6.20 Å². The van der Waals surface area contributed by atoms with Crippen LogP contribution in [0.1, 0.15) is 27.2 Å². The average Bonchev–Trinajstić information content (AvgIpc) is 2.99. The first kappa shape index (κ1) is 17.4. The zero-order valence-corrected chi connectivity index (χ0v) is 14.6. The smallest absolute Gasteiger partial charge is 0.339 e. The third-order valence-corrected chi connectivity index (χ3v) is 4.23. The van der Waals surface area contributed by atoms with Gasteiger partial charge in [-0.2, -0.15) is 5.10 Å². The van der Waals surface area contributed by atoms with Crippen LogP contribution in [-0.2, 0) is 11.2 Å². The van der Waals surface area contributed by atoms with Gasteiger partial charge in [0.2, 0.25) is 5.91 Å². The van der Waals surface area contributed by atoms with Crippen molar-refractivity contribution in [1.29, 1.82) is 0 Å². The Labute approximate surface area is 151 Å². The molecule has 0 atom stereocenters. The minimum atomic E-state index is -1.02. The maximum absolute atomic E-state index is 12.3. The highest BCUT2D eigenvalue weighted by Gasteiger charge is 2.14. The zero-order valence-electron chi connectivity index (χ0n) is 14.6. The molecule has 0 aliphatic rings. The molecule has 0 bridgehead atoms. The van der Waals surface area contributed by atoms with Gasteiger partial charge in [0, 0.05) is 5.69 Å². The maximum Gasteiger partial charge on any atom is 0.339 e. The fourth-order valence-corrected chi connectivity index (χ4v) is 2.78. The predicted molar refractivity (Wildman–Crippen MR) is 98.8 cm³/mol. The van der Waals surface area contributed by atoms with E-state index in [0.29, 0.717) is 23.5 Å². The Morgan fingerprint density at radius 2 is 1.88 bits per heavy atom. The fraction of sp³-hybridized carbons (Fsp3) is 0.150. The van der Waals surface area contributed by atoms with Gasteiger partial charge < -0.3 is 10.4 Å². The van der Waals surface area contributed by atoms with E-state index in [1.807, 2.05) is 37.3 Å². The Hall–Kier alpha value is -3.41. The summed E-state index contributed by atoms with van der Waals surface area (Å²) in [5.74, 6) is -1.13. The largest absolute Gasteiger partial charge is 0.478 e. The molecule has 0 saturated carbocycles. The van der Waals surface area contributed by atoms with E-state index in [1.54, 1.807) is 29.8 Å². The van der Waals surface area contributed by atoms with E-state index >= 15 is 0 Å². The number of carboxylic acids is 1. The molecule has 26 heavy (non-hydrogen) atoms. The number of aryl methyl sites for hydroxylation is 1. The first-order valence-electron chi connectivity index (χ1n) is 8.18. The van der Waals surface area contributed by atoms with Crippen molar-refractivity contribution >= 4 is 17.6 Å². The van der Waals surface area contributed by atoms with Crippen molar-refractivity contribution in [2.45, 2.75) is 20.3 Å². The molecule has 1 amide bonds. The number of rotatable bonds is 5. The molecule has 0 unspecified atom stereocenters. The summed E-state index contributed by atoms with van der Waals surface area (Å²) in [6, 6.07) is 14.9. The molecular weight excluding hydrogens is 330 g/mol. The SMILES string of the molecule is Cc1ccccc1CC(=O)Nc1cccc(-n2ncc(C(=O)O)c2C)c1. The van der Waals surface area contributed by atoms with Crippen LogP contribution < -0.4 is 5.32 Å². The Balaban J connectivity index is 1.78. The Morgan fingerprint density at radius 3 is 2.58 bits per heavy atom. The summed E-state index contributed by atoms with van der Waals surface area (Å²) in [6.45, 7) is 3.67. The van der Waals surface area contributed by atoms with Crippen molar-refractivity contribution in [2.75, 3.05) is 5.32 Å². The molecule has 6 nitrogen and oxygen atoms in total. The molecule has 3 rings (SSSR count). The van der Waals surface area contributed by atoms with E-state index in [4.69, 9.17) is 5.11 Å². The molecule has 0 saturated heterocycles. The fourth-order valence-electron chi connectivity index (χ4n) is 2.78. The lowest BCUT2D eigenvalue weighted by atomic mass is 10.1. The lowest BCUT2D eigenvalue weighted by Crippen LogP contribution is -2.15. The lowest BCUT2D eigenvalue weighted by molar-refractivity contribution is -0.115. The van der Waals surface area contributed by atoms with Crippen LogP contribution >= 0.6 is 0 Å². The van der Waals surface area contributed by atoms with Crippen LogP contribution in [0.2, 0.25) is 0 Å². The van der Waals surface area contributed by atoms with Gasteiger partial charge in [0.15, 0.2) is 0 Å². The zero-order chi connectivity index (χ0) is 18.7. The molecule has 1 heterocycles. The van der Waals surface area contributed by atoms with E-state index in [9.17, 15) is 9.59 Å². The van der Waals surface area contributed by atoms with Crippen LogP contribution in [0.15, 0.2) is 54.7 Å². The van der Waals surface area contributed by atoms with Crippen LogP contribution in [0.25, 0.3) is 5.69 Å². The van der Waals surface area contributed by atoms with Crippen LogP contribution in [0.4, 0.5) is 5.69 Å². The average molecular weight is 349 g/mol. The topological polar surface area (TPSA) is 84.2 Å². The van der Waals surface area contributed by atoms with Crippen molar-refractivity contribution in [3.8, 4) is 5.69 Å². The Bertz CT molecular complexity index is 976. The molecule has 132 valence electrons. The predicted octanol–water partition coefficient (Wildman–Crippen LogP) is 3.37. The number of carbonyl (C=O) groups is 2. The minimum Gasteiger partial charge on any atom is -0.478 e. The molecule has 1 aromatic heterocycles. The van der Waals surface area contributed by atoms with Crippen LogP contribution in [0.3, 0.4) is 0 Å². The second-order valence-corrected chi connectivity index (χ2v) is 6.06. The molecule has 0 aliphatic carbocycles. The van der Waals surface area contributed by atoms with E-state index in [-0.39, 0.29) is 11.5 Å². The highest BCUT2D eigenvalue weighted by molar-refractivity contribution is 5.92. The van der Waals surface area contributed by atoms with E-state index in [2.05, 4.69) is 10.4 Å². The molecule has 6 heteroatoms. The first-order chi connectivity index (χ1) is 12.5. The summed E-state index contributed by atoms with van der Waals surface area (Å²) in [5.41, 5.74) is 4.05. The number of nitrogens with one attached hydrogen (secondary N) is 1. The standard InChI is InChI=1S/C20H19N3O3/c1-13-6-3-4-7-15(13)10-19(24)22-16-8-5-9-17(11-16)23-14(2)18(12-21-23)20(25)26/h3-9,11-12H,10H2,1-2H3,(H,22,24)(H,25,26). The Kier molecular flexibility index (Phi) is 4.84. The lowest BCUT2D eigenvalue weighted by Gasteiger charge is -2.10. The summed E-state index contributed by atoms with van der Waals surface area (Å²) >= 11 is 0. The van der Waals surface area contributed by atoms with Gasteiger partial charge in [-0.1, -0.05) is 30.3 Å². The second kappa shape index (κ2) is 7.23. The molecule has 0 aliphatic heterocycles. The number of carboxylic acid groups (broad SMARTS) is 1. The molecular formula is C20H19N3O3. The maximum atomic E-state index is 12.3. The first-order valence-corrected chi connectivity index (χ1v) is 8.18. The number of hydrogen-bond acceptors (Lipinski definition) is 3. The number of anilines is 1. The summed E-state index contributed by atoms with van der Waals surface area (Å²) in [5, 5.41) is 16.2. The molecule has 0 spiro atoms. The van der Waals surface area contributed by atoms with Gasteiger partial charge in [0.1, 0.15) is 5.56 Å². The van der Waals surface area contributed by atoms with Crippen molar-refractivity contribution in [2.24, 2.45) is 0 Å². The summed E-state index contributed by atoms with van der Waals surface area (Å²) in [6.07, 6.45) is 1.61. The Morgan fingerprint density at radius 1 is 1.12 bits per heavy atom. The van der Waals surface area contributed by atoms with Crippen LogP contribution in [0.5, 0.6) is 0 Å². The molecule has 2 N–H and O–H groups in total. The third-order valence-electron chi connectivity index (χ3n) is 4.23. The number of benzene rings is 2. The van der Waals surface area contributed by atoms with Gasteiger partial charge in [-0.3, -0.25) is 4.79 Å². The molecule has 3 aromatic rings. The second-order valence-electron chi connectivity index (χ2n) is 6.06. The number of carbonyl (C=O) groups excluding carboxylic acids is 1. The number of nitrogens with zero attached hydrogens (tertiary/aromatic N) is 2. The van der Waals surface area contributed by atoms with Gasteiger partial charge in [0.05, 0.1) is 24.0 Å². The highest BCUT2D eigenvalue weighted by atomic mass is 16.4. The normalized spacial score (nSPS) is 10.5. The van der Waals surface area contributed by atoms with Crippen molar-refractivity contribution in [1.82, 2.24) is 9.78 Å². The molecule has 0 fully saturated rings. The quantitative estimate of drug-likeness (QED) is 0.740. The molecule has 2 aromatic carbocycles. The number of aromatic nitrogens is 2. The van der Waals surface area contributed by atoms with E-state index < -0.39 is 5.97 Å². The van der Waals surface area contributed by atoms with Crippen LogP contribution in [-0.4, -0.2) is 26.8 Å². The number of amides is 1. The van der Waals surface area contributed by atoms with Gasteiger partial charge in [-0.05, 0) is 43.2 Å². The minimum absolute atomic E-state index is 0.111. The summed E-state index contributed by atoms with van der Waals surface area (Å²) in [4.78, 5) is 23.5. The van der Waals surface area contributed by atoms with E-state index in [0.717, 1.165) is 11.1 Å². The van der Waals surface area contributed by atoms with Crippen molar-refractivity contribution in [3.63, 3.8) is 0 Å².